The molecule has 84 valence electrons. The molecule has 0 amide bonds. The molecule has 0 radical (unpaired) electrons. The molecule has 0 aliphatic heterocycles. The van der Waals surface area contributed by atoms with Gasteiger partial charge in [0.15, 0.2) is 8.32 Å². The smallest absolute Gasteiger partial charge is 0.191 e. The molecule has 1 atom stereocenters. The molecule has 3 heteroatoms. The maximum atomic E-state index is 10.4. The molecule has 0 heterocycles. The van der Waals surface area contributed by atoms with Crippen LogP contribution in [-0.4, -0.2) is 21.2 Å². The van der Waals surface area contributed by atoms with E-state index in [-0.39, 0.29) is 11.0 Å². The Morgan fingerprint density at radius 3 is 2.21 bits per heavy atom. The molecule has 14 heavy (non-hydrogen) atoms. The van der Waals surface area contributed by atoms with Gasteiger partial charge in [-0.05, 0) is 24.6 Å². The predicted octanol–water partition coefficient (Wildman–Crippen LogP) is 3.23. The number of aldehydes is 1. The summed E-state index contributed by atoms with van der Waals surface area (Å²) in [7, 11) is -1.60. The fraction of sp³-hybridized carbons (Fsp3) is 0.909. The van der Waals surface area contributed by atoms with E-state index in [1.54, 1.807) is 0 Å². The van der Waals surface area contributed by atoms with Crippen LogP contribution in [0, 0.1) is 5.92 Å². The largest absolute Gasteiger partial charge is 0.417 e. The summed E-state index contributed by atoms with van der Waals surface area (Å²) in [5.74, 6) is 0.125. The van der Waals surface area contributed by atoms with Gasteiger partial charge in [-0.25, -0.2) is 0 Å². The standard InChI is InChI=1S/C11H24O2Si/c1-10(9-12)7-8-13-14(5,6)11(2,3)4/h9-10H,7-8H2,1-6H3. The minimum atomic E-state index is -1.60. The Kier molecular flexibility index (Phi) is 5.02. The highest BCUT2D eigenvalue weighted by molar-refractivity contribution is 6.74. The SMILES string of the molecule is CC(C=O)CCO[Si](C)(C)C(C)(C)C. The Balaban J connectivity index is 3.95. The van der Waals surface area contributed by atoms with Crippen molar-refractivity contribution in [1.29, 1.82) is 0 Å². The van der Waals surface area contributed by atoms with E-state index in [2.05, 4.69) is 33.9 Å². The Morgan fingerprint density at radius 1 is 1.36 bits per heavy atom. The van der Waals surface area contributed by atoms with E-state index >= 15 is 0 Å². The number of hydrogen-bond donors (Lipinski definition) is 0. The molecule has 0 aromatic heterocycles. The molecule has 0 aliphatic carbocycles. The second-order valence-electron chi connectivity index (χ2n) is 5.51. The van der Waals surface area contributed by atoms with Crippen molar-refractivity contribution in [3.8, 4) is 0 Å². The van der Waals surface area contributed by atoms with Gasteiger partial charge < -0.3 is 9.22 Å². The topological polar surface area (TPSA) is 26.3 Å². The van der Waals surface area contributed by atoms with Gasteiger partial charge in [-0.2, -0.15) is 0 Å². The zero-order valence-electron chi connectivity index (χ0n) is 10.4. The zero-order chi connectivity index (χ0) is 11.4. The second kappa shape index (κ2) is 5.08. The summed E-state index contributed by atoms with van der Waals surface area (Å²) < 4.78 is 5.95. The van der Waals surface area contributed by atoms with Crippen LogP contribution >= 0.6 is 0 Å². The first-order valence-electron chi connectivity index (χ1n) is 5.30. The lowest BCUT2D eigenvalue weighted by Crippen LogP contribution is -2.41. The van der Waals surface area contributed by atoms with Crippen molar-refractivity contribution in [3.63, 3.8) is 0 Å². The summed E-state index contributed by atoms with van der Waals surface area (Å²) in [4.78, 5) is 10.4. The summed E-state index contributed by atoms with van der Waals surface area (Å²) in [5, 5.41) is 0.261. The quantitative estimate of drug-likeness (QED) is 0.521. The molecule has 0 rings (SSSR count). The van der Waals surface area contributed by atoms with Gasteiger partial charge in [0.2, 0.25) is 0 Å². The summed E-state index contributed by atoms with van der Waals surface area (Å²) in [6.07, 6.45) is 1.84. The van der Waals surface area contributed by atoms with Crippen molar-refractivity contribution < 1.29 is 9.22 Å². The zero-order valence-corrected chi connectivity index (χ0v) is 11.4. The first-order valence-corrected chi connectivity index (χ1v) is 8.21. The fourth-order valence-corrected chi connectivity index (χ4v) is 1.85. The molecule has 0 aromatic carbocycles. The summed E-state index contributed by atoms with van der Waals surface area (Å²) >= 11 is 0. The van der Waals surface area contributed by atoms with E-state index in [9.17, 15) is 4.79 Å². The Bertz CT molecular complexity index is 182. The number of carbonyl (C=O) groups excluding carboxylic acids is 1. The Morgan fingerprint density at radius 2 is 1.86 bits per heavy atom. The molecular formula is C11H24O2Si. The molecule has 0 bridgehead atoms. The van der Waals surface area contributed by atoms with E-state index in [0.717, 1.165) is 19.3 Å². The normalized spacial score (nSPS) is 15.3. The van der Waals surface area contributed by atoms with Gasteiger partial charge in [-0.3, -0.25) is 0 Å². The van der Waals surface area contributed by atoms with Crippen molar-refractivity contribution in [2.24, 2.45) is 5.92 Å². The van der Waals surface area contributed by atoms with E-state index in [4.69, 9.17) is 4.43 Å². The minimum absolute atomic E-state index is 0.125. The highest BCUT2D eigenvalue weighted by atomic mass is 28.4. The van der Waals surface area contributed by atoms with Crippen LogP contribution in [0.5, 0.6) is 0 Å². The first-order chi connectivity index (χ1) is 6.20. The van der Waals surface area contributed by atoms with Crippen LogP contribution in [0.4, 0.5) is 0 Å². The van der Waals surface area contributed by atoms with Crippen LogP contribution in [0.25, 0.3) is 0 Å². The fourth-order valence-electron chi connectivity index (χ4n) is 0.785. The van der Waals surface area contributed by atoms with Crippen molar-refractivity contribution >= 4 is 14.6 Å². The molecule has 0 N–H and O–H groups in total. The Hall–Kier alpha value is -0.153. The molecule has 0 aromatic rings. The van der Waals surface area contributed by atoms with Crippen LogP contribution < -0.4 is 0 Å². The maximum Gasteiger partial charge on any atom is 0.191 e. The molecule has 0 spiro atoms. The van der Waals surface area contributed by atoms with Crippen LogP contribution in [-0.2, 0) is 9.22 Å². The molecule has 0 aliphatic rings. The molecule has 1 unspecified atom stereocenters. The van der Waals surface area contributed by atoms with Gasteiger partial charge in [0, 0.05) is 12.5 Å². The average Bonchev–Trinajstić information content (AvgIpc) is 2.01. The van der Waals surface area contributed by atoms with E-state index < -0.39 is 8.32 Å². The summed E-state index contributed by atoms with van der Waals surface area (Å²) in [6, 6.07) is 0. The third kappa shape index (κ3) is 4.38. The monoisotopic (exact) mass is 216 g/mol. The van der Waals surface area contributed by atoms with E-state index in [1.807, 2.05) is 6.92 Å². The van der Waals surface area contributed by atoms with Crippen LogP contribution in [0.1, 0.15) is 34.1 Å². The van der Waals surface area contributed by atoms with Gasteiger partial charge in [0.1, 0.15) is 6.29 Å². The van der Waals surface area contributed by atoms with Gasteiger partial charge >= 0.3 is 0 Å². The van der Waals surface area contributed by atoms with Crippen LogP contribution in [0.3, 0.4) is 0 Å². The predicted molar refractivity (Wildman–Crippen MR) is 63.0 cm³/mol. The average molecular weight is 216 g/mol. The third-order valence-electron chi connectivity index (χ3n) is 3.07. The van der Waals surface area contributed by atoms with Crippen LogP contribution in [0.2, 0.25) is 18.1 Å². The van der Waals surface area contributed by atoms with Gasteiger partial charge in [0.25, 0.3) is 0 Å². The maximum absolute atomic E-state index is 10.4. The summed E-state index contributed by atoms with van der Waals surface area (Å²) in [6.45, 7) is 13.8. The number of carbonyl (C=O) groups is 1. The summed E-state index contributed by atoms with van der Waals surface area (Å²) in [5.41, 5.74) is 0. The van der Waals surface area contributed by atoms with Crippen LogP contribution in [0.15, 0.2) is 0 Å². The molecule has 2 nitrogen and oxygen atoms in total. The van der Waals surface area contributed by atoms with E-state index in [0.29, 0.717) is 0 Å². The molecular weight excluding hydrogens is 192 g/mol. The Labute approximate surface area is 89.2 Å². The van der Waals surface area contributed by atoms with Crippen molar-refractivity contribution in [1.82, 2.24) is 0 Å². The van der Waals surface area contributed by atoms with E-state index in [1.165, 1.54) is 0 Å². The van der Waals surface area contributed by atoms with Crippen molar-refractivity contribution in [2.75, 3.05) is 6.61 Å². The van der Waals surface area contributed by atoms with Gasteiger partial charge in [-0.15, -0.1) is 0 Å². The lowest BCUT2D eigenvalue weighted by atomic mass is 10.1. The second-order valence-corrected chi connectivity index (χ2v) is 10.3. The lowest BCUT2D eigenvalue weighted by molar-refractivity contribution is -0.111. The first kappa shape index (κ1) is 13.8. The highest BCUT2D eigenvalue weighted by Crippen LogP contribution is 2.36. The molecule has 0 saturated heterocycles. The third-order valence-corrected chi connectivity index (χ3v) is 7.61. The minimum Gasteiger partial charge on any atom is -0.417 e. The number of rotatable bonds is 5. The van der Waals surface area contributed by atoms with Gasteiger partial charge in [0.05, 0.1) is 0 Å². The highest BCUT2D eigenvalue weighted by Gasteiger charge is 2.36. The number of hydrogen-bond acceptors (Lipinski definition) is 2. The van der Waals surface area contributed by atoms with Crippen molar-refractivity contribution in [2.45, 2.75) is 52.2 Å². The molecule has 0 fully saturated rings. The van der Waals surface area contributed by atoms with Crippen molar-refractivity contribution in [3.05, 3.63) is 0 Å². The lowest BCUT2D eigenvalue weighted by Gasteiger charge is -2.36. The van der Waals surface area contributed by atoms with Gasteiger partial charge in [-0.1, -0.05) is 27.7 Å². The molecule has 0 saturated carbocycles.